The van der Waals surface area contributed by atoms with Crippen molar-refractivity contribution >= 4 is 44.2 Å². The first-order valence-electron chi connectivity index (χ1n) is 4.77. The van der Waals surface area contributed by atoms with Crippen LogP contribution in [0.2, 0.25) is 5.15 Å². The van der Waals surface area contributed by atoms with Crippen LogP contribution in [-0.4, -0.2) is 12.4 Å². The lowest BCUT2D eigenvalue weighted by atomic mass is 10.2. The molecular weight excluding hydrogens is 373 g/mol. The molecular formula is C11H9ClINO2S. The van der Waals surface area contributed by atoms with Crippen molar-refractivity contribution in [2.45, 2.75) is 11.8 Å². The summed E-state index contributed by atoms with van der Waals surface area (Å²) >= 11 is 7.91. The lowest BCUT2D eigenvalue weighted by Gasteiger charge is -2.07. The lowest BCUT2D eigenvalue weighted by molar-refractivity contribution is 0.587. The Morgan fingerprint density at radius 1 is 1.24 bits per heavy atom. The Morgan fingerprint density at radius 3 is 2.29 bits per heavy atom. The number of hydrogen-bond acceptors (Lipinski definition) is 2. The molecule has 0 fully saturated rings. The second-order valence-corrected chi connectivity index (χ2v) is 7.04. The largest absolute Gasteiger partial charge is 0.268 e. The van der Waals surface area contributed by atoms with E-state index in [1.165, 1.54) is 6.20 Å². The molecule has 2 rings (SSSR count). The summed E-state index contributed by atoms with van der Waals surface area (Å²) in [4.78, 5) is 0.233. The van der Waals surface area contributed by atoms with Crippen molar-refractivity contribution < 1.29 is 8.42 Å². The van der Waals surface area contributed by atoms with Gasteiger partial charge in [-0.3, -0.25) is 0 Å². The Kier molecular flexibility index (Phi) is 3.51. The van der Waals surface area contributed by atoms with Gasteiger partial charge in [-0.15, -0.1) is 0 Å². The average Bonchev–Trinajstić information content (AvgIpc) is 2.59. The summed E-state index contributed by atoms with van der Waals surface area (Å²) in [6.07, 6.45) is 1.50. The quantitative estimate of drug-likeness (QED) is 0.749. The van der Waals surface area contributed by atoms with E-state index in [0.29, 0.717) is 0 Å². The summed E-state index contributed by atoms with van der Waals surface area (Å²) in [6, 6.07) is 8.28. The topological polar surface area (TPSA) is 39.1 Å². The number of rotatable bonds is 2. The van der Waals surface area contributed by atoms with E-state index in [0.717, 1.165) is 13.1 Å². The van der Waals surface area contributed by atoms with Gasteiger partial charge < -0.3 is 0 Å². The van der Waals surface area contributed by atoms with Gasteiger partial charge in [0.25, 0.3) is 10.0 Å². The van der Waals surface area contributed by atoms with Gasteiger partial charge in [0, 0.05) is 9.77 Å². The van der Waals surface area contributed by atoms with Crippen LogP contribution in [0.5, 0.6) is 0 Å². The minimum atomic E-state index is -3.59. The highest BCUT2D eigenvalue weighted by Crippen LogP contribution is 2.23. The zero-order valence-electron chi connectivity index (χ0n) is 8.89. The van der Waals surface area contributed by atoms with Crippen molar-refractivity contribution in [1.82, 2.24) is 3.97 Å². The van der Waals surface area contributed by atoms with E-state index in [-0.39, 0.29) is 10.0 Å². The minimum absolute atomic E-state index is 0.190. The van der Waals surface area contributed by atoms with E-state index in [1.54, 1.807) is 30.3 Å². The van der Waals surface area contributed by atoms with Crippen LogP contribution >= 0.6 is 34.2 Å². The molecule has 0 spiro atoms. The van der Waals surface area contributed by atoms with Crippen molar-refractivity contribution in [3.8, 4) is 0 Å². The number of benzene rings is 1. The molecule has 0 radical (unpaired) electrons. The van der Waals surface area contributed by atoms with Gasteiger partial charge in [0.1, 0.15) is 5.15 Å². The Labute approximate surface area is 119 Å². The molecule has 0 N–H and O–H groups in total. The summed E-state index contributed by atoms with van der Waals surface area (Å²) in [6.45, 7) is 1.90. The van der Waals surface area contributed by atoms with Gasteiger partial charge in [0.15, 0.2) is 0 Å². The number of aryl methyl sites for hydroxylation is 1. The maximum absolute atomic E-state index is 12.3. The van der Waals surface area contributed by atoms with Crippen molar-refractivity contribution in [1.29, 1.82) is 0 Å². The third-order valence-corrected chi connectivity index (χ3v) is 4.96. The van der Waals surface area contributed by atoms with Crippen LogP contribution in [0.3, 0.4) is 0 Å². The molecule has 3 nitrogen and oxygen atoms in total. The molecule has 2 aromatic rings. The van der Waals surface area contributed by atoms with Gasteiger partial charge in [0.05, 0.1) is 4.90 Å². The van der Waals surface area contributed by atoms with E-state index >= 15 is 0 Å². The highest BCUT2D eigenvalue weighted by Gasteiger charge is 2.19. The zero-order chi connectivity index (χ0) is 12.6. The number of nitrogens with zero attached hydrogens (tertiary/aromatic N) is 1. The summed E-state index contributed by atoms with van der Waals surface area (Å²) in [5, 5.41) is 0.190. The highest BCUT2D eigenvalue weighted by atomic mass is 127. The molecule has 0 aliphatic heterocycles. The maximum Gasteiger partial charge on any atom is 0.268 e. The SMILES string of the molecule is Cc1ccc(S(=O)(=O)n2cc(I)cc2Cl)cc1. The third kappa shape index (κ3) is 2.51. The van der Waals surface area contributed by atoms with Gasteiger partial charge in [-0.1, -0.05) is 29.3 Å². The molecule has 0 amide bonds. The van der Waals surface area contributed by atoms with Gasteiger partial charge in [-0.2, -0.15) is 0 Å². The molecule has 0 bridgehead atoms. The summed E-state index contributed by atoms with van der Waals surface area (Å²) in [5.74, 6) is 0. The fourth-order valence-electron chi connectivity index (χ4n) is 1.40. The van der Waals surface area contributed by atoms with Crippen LogP contribution in [0.15, 0.2) is 41.4 Å². The standard InChI is InChI=1S/C11H9ClINO2S/c1-8-2-4-10(5-3-8)17(15,16)14-7-9(13)6-11(14)12/h2-7H,1H3. The van der Waals surface area contributed by atoms with Crippen molar-refractivity contribution in [2.24, 2.45) is 0 Å². The molecule has 1 aromatic heterocycles. The van der Waals surface area contributed by atoms with Crippen molar-refractivity contribution in [3.05, 3.63) is 50.8 Å². The van der Waals surface area contributed by atoms with Crippen LogP contribution in [0.1, 0.15) is 5.56 Å². The molecule has 90 valence electrons. The van der Waals surface area contributed by atoms with Crippen molar-refractivity contribution in [2.75, 3.05) is 0 Å². The highest BCUT2D eigenvalue weighted by molar-refractivity contribution is 14.1. The van der Waals surface area contributed by atoms with E-state index in [2.05, 4.69) is 0 Å². The van der Waals surface area contributed by atoms with E-state index in [1.807, 2.05) is 29.5 Å². The second kappa shape index (κ2) is 4.62. The fourth-order valence-corrected chi connectivity index (χ4v) is 4.02. The predicted molar refractivity (Wildman–Crippen MR) is 75.9 cm³/mol. The van der Waals surface area contributed by atoms with Gasteiger partial charge in [0.2, 0.25) is 0 Å². The van der Waals surface area contributed by atoms with Crippen LogP contribution < -0.4 is 0 Å². The summed E-state index contributed by atoms with van der Waals surface area (Å²) < 4.78 is 26.4. The first kappa shape index (κ1) is 12.9. The predicted octanol–water partition coefficient (Wildman–Crippen LogP) is 3.29. The van der Waals surface area contributed by atoms with Gasteiger partial charge in [-0.05, 0) is 47.7 Å². The summed E-state index contributed by atoms with van der Waals surface area (Å²) in [7, 11) is -3.59. The molecule has 1 heterocycles. The normalized spacial score (nSPS) is 11.7. The zero-order valence-corrected chi connectivity index (χ0v) is 12.6. The monoisotopic (exact) mass is 381 g/mol. The Balaban J connectivity index is 2.57. The Bertz CT molecular complexity index is 647. The molecule has 0 aliphatic rings. The van der Waals surface area contributed by atoms with Crippen LogP contribution in [0.25, 0.3) is 0 Å². The molecule has 0 atom stereocenters. The molecule has 6 heteroatoms. The number of halogens is 2. The number of aromatic nitrogens is 1. The van der Waals surface area contributed by atoms with E-state index in [9.17, 15) is 8.42 Å². The van der Waals surface area contributed by atoms with E-state index in [4.69, 9.17) is 11.6 Å². The number of hydrogen-bond donors (Lipinski definition) is 0. The molecule has 0 aliphatic carbocycles. The Hall–Kier alpha value is -0.530. The molecule has 0 saturated heterocycles. The van der Waals surface area contributed by atoms with Gasteiger partial charge in [-0.25, -0.2) is 12.4 Å². The molecule has 17 heavy (non-hydrogen) atoms. The molecule has 1 aromatic carbocycles. The van der Waals surface area contributed by atoms with E-state index < -0.39 is 10.0 Å². The third-order valence-electron chi connectivity index (χ3n) is 2.29. The van der Waals surface area contributed by atoms with Crippen LogP contribution in [-0.2, 0) is 10.0 Å². The Morgan fingerprint density at radius 2 is 1.82 bits per heavy atom. The van der Waals surface area contributed by atoms with Gasteiger partial charge >= 0.3 is 0 Å². The smallest absolute Gasteiger partial charge is 0.230 e. The average molecular weight is 382 g/mol. The first-order valence-corrected chi connectivity index (χ1v) is 7.66. The molecule has 0 unspecified atom stereocenters. The van der Waals surface area contributed by atoms with Crippen LogP contribution in [0.4, 0.5) is 0 Å². The van der Waals surface area contributed by atoms with Crippen molar-refractivity contribution in [3.63, 3.8) is 0 Å². The first-order chi connectivity index (χ1) is 7.91. The minimum Gasteiger partial charge on any atom is -0.230 e. The molecule has 0 saturated carbocycles. The second-order valence-electron chi connectivity index (χ2n) is 3.59. The maximum atomic E-state index is 12.3. The van der Waals surface area contributed by atoms with Crippen LogP contribution in [0, 0.1) is 10.5 Å². The summed E-state index contributed by atoms with van der Waals surface area (Å²) in [5.41, 5.74) is 1.01. The fraction of sp³-hybridized carbons (Fsp3) is 0.0909. The lowest BCUT2D eigenvalue weighted by Crippen LogP contribution is -2.11.